The van der Waals surface area contributed by atoms with Gasteiger partial charge in [-0.25, -0.2) is 4.79 Å². The molecule has 20 heavy (non-hydrogen) atoms. The quantitative estimate of drug-likeness (QED) is 0.568. The summed E-state index contributed by atoms with van der Waals surface area (Å²) < 4.78 is 0. The molecule has 0 bridgehead atoms. The summed E-state index contributed by atoms with van der Waals surface area (Å²) in [6, 6.07) is 2.32. The van der Waals surface area contributed by atoms with E-state index in [9.17, 15) is 19.7 Å². The van der Waals surface area contributed by atoms with Crippen LogP contribution >= 0.6 is 11.6 Å². The number of nitrogens with one attached hydrogen (secondary N) is 2. The molecule has 0 spiro atoms. The van der Waals surface area contributed by atoms with Crippen molar-refractivity contribution < 1.29 is 19.6 Å². The van der Waals surface area contributed by atoms with E-state index in [1.54, 1.807) is 0 Å². The highest BCUT2D eigenvalue weighted by Gasteiger charge is 2.14. The number of hydrogen-bond acceptors (Lipinski definition) is 4. The Morgan fingerprint density at radius 2 is 2.15 bits per heavy atom. The molecule has 0 radical (unpaired) electrons. The van der Waals surface area contributed by atoms with E-state index in [2.05, 4.69) is 10.6 Å². The van der Waals surface area contributed by atoms with Crippen LogP contribution in [0.2, 0.25) is 5.02 Å². The van der Waals surface area contributed by atoms with Gasteiger partial charge in [0.25, 0.3) is 5.69 Å². The molecule has 1 aromatic rings. The second-order valence-electron chi connectivity index (χ2n) is 4.02. The highest BCUT2D eigenvalue weighted by molar-refractivity contribution is 6.33. The molecular weight excluding hydrogens is 290 g/mol. The van der Waals surface area contributed by atoms with Crippen molar-refractivity contribution in [3.63, 3.8) is 0 Å². The Balaban J connectivity index is 2.72. The van der Waals surface area contributed by atoms with Crippen LogP contribution in [-0.2, 0) is 4.79 Å². The van der Waals surface area contributed by atoms with Crippen LogP contribution in [0, 0.1) is 10.1 Å². The summed E-state index contributed by atoms with van der Waals surface area (Å²) in [7, 11) is 0. The summed E-state index contributed by atoms with van der Waals surface area (Å²) in [5.74, 6) is -1.05. The second-order valence-corrected chi connectivity index (χ2v) is 4.43. The van der Waals surface area contributed by atoms with E-state index in [4.69, 9.17) is 16.7 Å². The van der Waals surface area contributed by atoms with Crippen LogP contribution in [0.4, 0.5) is 16.2 Å². The van der Waals surface area contributed by atoms with E-state index < -0.39 is 23.0 Å². The molecule has 3 N–H and O–H groups in total. The van der Waals surface area contributed by atoms with Gasteiger partial charge >= 0.3 is 12.0 Å². The molecule has 0 aromatic heterocycles. The first-order valence-electron chi connectivity index (χ1n) is 5.53. The molecule has 108 valence electrons. The maximum atomic E-state index is 11.6. The van der Waals surface area contributed by atoms with Crippen molar-refractivity contribution in [2.45, 2.75) is 19.4 Å². The molecule has 9 heteroatoms. The molecular formula is C11H12ClN3O5. The summed E-state index contributed by atoms with van der Waals surface area (Å²) in [6.07, 6.45) is -0.240. The van der Waals surface area contributed by atoms with Crippen molar-refractivity contribution in [3.8, 4) is 0 Å². The number of anilines is 1. The highest BCUT2D eigenvalue weighted by Crippen LogP contribution is 2.26. The molecule has 1 rings (SSSR count). The van der Waals surface area contributed by atoms with Gasteiger partial charge in [0, 0.05) is 18.2 Å². The lowest BCUT2D eigenvalue weighted by molar-refractivity contribution is -0.384. The molecule has 0 saturated heterocycles. The van der Waals surface area contributed by atoms with Gasteiger partial charge in [-0.2, -0.15) is 0 Å². The number of rotatable bonds is 5. The average Bonchev–Trinajstić information content (AvgIpc) is 2.30. The van der Waals surface area contributed by atoms with E-state index in [0.29, 0.717) is 0 Å². The first-order valence-corrected chi connectivity index (χ1v) is 5.90. The summed E-state index contributed by atoms with van der Waals surface area (Å²) in [5, 5.41) is 24.0. The van der Waals surface area contributed by atoms with Crippen LogP contribution in [0.3, 0.4) is 0 Å². The molecule has 0 aliphatic heterocycles. The fraction of sp³-hybridized carbons (Fsp3) is 0.273. The SMILES string of the molecule is CC(CC(=O)O)NC(=O)Nc1cc([N+](=O)[O-])ccc1Cl. The Kier molecular flexibility index (Phi) is 5.27. The molecule has 0 fully saturated rings. The number of non-ortho nitro benzene ring substituents is 1. The number of nitrogens with zero attached hydrogens (tertiary/aromatic N) is 1. The van der Waals surface area contributed by atoms with Crippen LogP contribution in [0.25, 0.3) is 0 Å². The van der Waals surface area contributed by atoms with E-state index in [-0.39, 0.29) is 22.8 Å². The molecule has 1 unspecified atom stereocenters. The number of carbonyl (C=O) groups is 2. The third kappa shape index (κ3) is 4.73. The predicted octanol–water partition coefficient (Wildman–Crippen LogP) is 2.23. The Hall–Kier alpha value is -2.35. The number of aliphatic carboxylic acids is 1. The van der Waals surface area contributed by atoms with Crippen molar-refractivity contribution in [3.05, 3.63) is 33.3 Å². The third-order valence-electron chi connectivity index (χ3n) is 2.27. The zero-order valence-corrected chi connectivity index (χ0v) is 11.2. The Bertz CT molecular complexity index is 549. The van der Waals surface area contributed by atoms with Gasteiger partial charge in [0.05, 0.1) is 22.1 Å². The number of hydrogen-bond donors (Lipinski definition) is 3. The minimum absolute atomic E-state index is 0.0703. The number of carboxylic acid groups (broad SMARTS) is 1. The first kappa shape index (κ1) is 15.7. The van der Waals surface area contributed by atoms with Crippen LogP contribution in [0.5, 0.6) is 0 Å². The molecule has 0 saturated carbocycles. The van der Waals surface area contributed by atoms with E-state index in [0.717, 1.165) is 6.07 Å². The van der Waals surface area contributed by atoms with Gasteiger partial charge in [-0.3, -0.25) is 14.9 Å². The van der Waals surface area contributed by atoms with Gasteiger partial charge in [-0.05, 0) is 13.0 Å². The summed E-state index contributed by atoms with van der Waals surface area (Å²) >= 11 is 5.81. The van der Waals surface area contributed by atoms with E-state index >= 15 is 0 Å². The van der Waals surface area contributed by atoms with E-state index in [1.165, 1.54) is 19.1 Å². The molecule has 0 heterocycles. The molecule has 0 aliphatic carbocycles. The van der Waals surface area contributed by atoms with E-state index in [1.807, 2.05) is 0 Å². The topological polar surface area (TPSA) is 122 Å². The number of halogens is 1. The van der Waals surface area contributed by atoms with Crippen molar-refractivity contribution in [1.82, 2.24) is 5.32 Å². The number of carbonyl (C=O) groups excluding carboxylic acids is 1. The highest BCUT2D eigenvalue weighted by atomic mass is 35.5. The number of benzene rings is 1. The lowest BCUT2D eigenvalue weighted by Gasteiger charge is -2.13. The van der Waals surface area contributed by atoms with Gasteiger partial charge in [-0.15, -0.1) is 0 Å². The monoisotopic (exact) mass is 301 g/mol. The predicted molar refractivity (Wildman–Crippen MR) is 72.0 cm³/mol. The number of amides is 2. The van der Waals surface area contributed by atoms with Crippen molar-refractivity contribution in [1.29, 1.82) is 0 Å². The average molecular weight is 302 g/mol. The summed E-state index contributed by atoms with van der Waals surface area (Å²) in [4.78, 5) is 32.0. The smallest absolute Gasteiger partial charge is 0.319 e. The van der Waals surface area contributed by atoms with Crippen molar-refractivity contribution in [2.24, 2.45) is 0 Å². The standard InChI is InChI=1S/C11H12ClN3O5/c1-6(4-10(16)17)13-11(18)14-9-5-7(15(19)20)2-3-8(9)12/h2-3,5-6H,4H2,1H3,(H,16,17)(H2,13,14,18). The third-order valence-corrected chi connectivity index (χ3v) is 2.60. The zero-order chi connectivity index (χ0) is 15.3. The van der Waals surface area contributed by atoms with Gasteiger partial charge in [-0.1, -0.05) is 11.6 Å². The fourth-order valence-electron chi connectivity index (χ4n) is 1.42. The van der Waals surface area contributed by atoms with Gasteiger partial charge in [0.1, 0.15) is 0 Å². The summed E-state index contributed by atoms with van der Waals surface area (Å²) in [6.45, 7) is 1.52. The lowest BCUT2D eigenvalue weighted by atomic mass is 10.2. The molecule has 1 aromatic carbocycles. The maximum absolute atomic E-state index is 11.6. The molecule has 2 amide bonds. The molecule has 8 nitrogen and oxygen atoms in total. The second kappa shape index (κ2) is 6.71. The number of nitro benzene ring substituents is 1. The Morgan fingerprint density at radius 1 is 1.50 bits per heavy atom. The fourth-order valence-corrected chi connectivity index (χ4v) is 1.58. The first-order chi connectivity index (χ1) is 9.29. The maximum Gasteiger partial charge on any atom is 0.319 e. The zero-order valence-electron chi connectivity index (χ0n) is 10.4. The van der Waals surface area contributed by atoms with Crippen LogP contribution in [-0.4, -0.2) is 28.1 Å². The minimum atomic E-state index is -1.05. The Labute approximate surface area is 118 Å². The van der Waals surface area contributed by atoms with Gasteiger partial charge in [0.15, 0.2) is 0 Å². The normalized spacial score (nSPS) is 11.5. The Morgan fingerprint density at radius 3 is 2.70 bits per heavy atom. The number of urea groups is 1. The number of nitro groups is 1. The minimum Gasteiger partial charge on any atom is -0.481 e. The molecule has 1 atom stereocenters. The van der Waals surface area contributed by atoms with Crippen LogP contribution < -0.4 is 10.6 Å². The number of carboxylic acids is 1. The van der Waals surface area contributed by atoms with Crippen molar-refractivity contribution in [2.75, 3.05) is 5.32 Å². The largest absolute Gasteiger partial charge is 0.481 e. The lowest BCUT2D eigenvalue weighted by Crippen LogP contribution is -2.37. The van der Waals surface area contributed by atoms with Crippen LogP contribution in [0.1, 0.15) is 13.3 Å². The molecule has 0 aliphatic rings. The van der Waals surface area contributed by atoms with Crippen molar-refractivity contribution >= 4 is 35.0 Å². The van der Waals surface area contributed by atoms with Crippen LogP contribution in [0.15, 0.2) is 18.2 Å². The summed E-state index contributed by atoms with van der Waals surface area (Å²) in [5.41, 5.74) is -0.149. The van der Waals surface area contributed by atoms with Gasteiger partial charge in [0.2, 0.25) is 0 Å². The van der Waals surface area contributed by atoms with Gasteiger partial charge < -0.3 is 15.7 Å².